The second-order valence-corrected chi connectivity index (χ2v) is 3.78. The summed E-state index contributed by atoms with van der Waals surface area (Å²) in [5, 5.41) is 3.22. The van der Waals surface area contributed by atoms with Crippen molar-refractivity contribution in [3.63, 3.8) is 0 Å². The number of nitrogens with one attached hydrogen (secondary N) is 1. The molecule has 16 heavy (non-hydrogen) atoms. The molecule has 0 spiro atoms. The number of likely N-dealkylation sites (N-methyl/N-ethyl adjacent to an activating group) is 1. The average Bonchev–Trinajstić information content (AvgIpc) is 2.38. The zero-order valence-electron chi connectivity index (χ0n) is 9.43. The standard InChI is InChI=1S/C14H16N2/c1-15-11-13(12-7-3-2-4-8-12)14-9-5-6-10-16-14/h2-10,13,15H,11H2,1H3. The summed E-state index contributed by atoms with van der Waals surface area (Å²) >= 11 is 0. The molecule has 0 bridgehead atoms. The molecule has 82 valence electrons. The predicted octanol–water partition coefficient (Wildman–Crippen LogP) is 2.43. The van der Waals surface area contributed by atoms with Crippen LogP contribution in [0.4, 0.5) is 0 Å². The van der Waals surface area contributed by atoms with Crippen LogP contribution in [0.15, 0.2) is 54.7 Å². The van der Waals surface area contributed by atoms with Crippen molar-refractivity contribution < 1.29 is 0 Å². The number of benzene rings is 1. The molecule has 2 rings (SSSR count). The van der Waals surface area contributed by atoms with Gasteiger partial charge in [-0.15, -0.1) is 0 Å². The molecule has 0 aliphatic rings. The van der Waals surface area contributed by atoms with Gasteiger partial charge in [0, 0.05) is 24.4 Å². The second-order valence-electron chi connectivity index (χ2n) is 3.78. The van der Waals surface area contributed by atoms with Crippen LogP contribution in [0.5, 0.6) is 0 Å². The molecule has 1 N–H and O–H groups in total. The lowest BCUT2D eigenvalue weighted by atomic mass is 9.95. The Kier molecular flexibility index (Phi) is 3.67. The van der Waals surface area contributed by atoms with Crippen LogP contribution in [0.1, 0.15) is 17.2 Å². The quantitative estimate of drug-likeness (QED) is 0.842. The summed E-state index contributed by atoms with van der Waals surface area (Å²) in [6, 6.07) is 16.5. The van der Waals surface area contributed by atoms with E-state index in [9.17, 15) is 0 Å². The van der Waals surface area contributed by atoms with Crippen molar-refractivity contribution in [3.8, 4) is 0 Å². The summed E-state index contributed by atoms with van der Waals surface area (Å²) < 4.78 is 0. The lowest BCUT2D eigenvalue weighted by molar-refractivity contribution is 0.692. The van der Waals surface area contributed by atoms with Gasteiger partial charge in [-0.3, -0.25) is 4.98 Å². The minimum Gasteiger partial charge on any atom is -0.319 e. The number of hydrogen-bond acceptors (Lipinski definition) is 2. The van der Waals surface area contributed by atoms with E-state index in [2.05, 4.69) is 40.6 Å². The molecule has 2 aromatic rings. The molecule has 1 aromatic carbocycles. The van der Waals surface area contributed by atoms with Crippen LogP contribution in [0.2, 0.25) is 0 Å². The summed E-state index contributed by atoms with van der Waals surface area (Å²) in [4.78, 5) is 4.43. The first-order valence-corrected chi connectivity index (χ1v) is 5.52. The summed E-state index contributed by atoms with van der Waals surface area (Å²) in [5.74, 6) is 0.326. The van der Waals surface area contributed by atoms with E-state index in [4.69, 9.17) is 0 Å². The molecule has 0 amide bonds. The molecule has 0 fully saturated rings. The van der Waals surface area contributed by atoms with Crippen molar-refractivity contribution in [2.75, 3.05) is 13.6 Å². The molecule has 2 heteroatoms. The maximum absolute atomic E-state index is 4.43. The van der Waals surface area contributed by atoms with Crippen LogP contribution < -0.4 is 5.32 Å². The number of aromatic nitrogens is 1. The molecule has 1 atom stereocenters. The van der Waals surface area contributed by atoms with Gasteiger partial charge in [0.15, 0.2) is 0 Å². The normalized spacial score (nSPS) is 12.3. The third kappa shape index (κ3) is 2.47. The van der Waals surface area contributed by atoms with E-state index in [0.29, 0.717) is 5.92 Å². The molecule has 0 radical (unpaired) electrons. The maximum Gasteiger partial charge on any atom is 0.0491 e. The van der Waals surface area contributed by atoms with Crippen molar-refractivity contribution in [1.29, 1.82) is 0 Å². The number of rotatable bonds is 4. The molecule has 0 aliphatic heterocycles. The van der Waals surface area contributed by atoms with E-state index in [1.54, 1.807) is 0 Å². The van der Waals surface area contributed by atoms with Crippen molar-refractivity contribution in [1.82, 2.24) is 10.3 Å². The highest BCUT2D eigenvalue weighted by Gasteiger charge is 2.13. The highest BCUT2D eigenvalue weighted by Crippen LogP contribution is 2.21. The fourth-order valence-corrected chi connectivity index (χ4v) is 1.86. The van der Waals surface area contributed by atoms with Crippen LogP contribution in [0, 0.1) is 0 Å². The van der Waals surface area contributed by atoms with E-state index in [0.717, 1.165) is 12.2 Å². The van der Waals surface area contributed by atoms with Gasteiger partial charge in [-0.2, -0.15) is 0 Å². The van der Waals surface area contributed by atoms with Gasteiger partial charge in [0.1, 0.15) is 0 Å². The molecule has 1 heterocycles. The molecule has 0 saturated carbocycles. The Labute approximate surface area is 96.4 Å². The predicted molar refractivity (Wildman–Crippen MR) is 66.4 cm³/mol. The maximum atomic E-state index is 4.43. The van der Waals surface area contributed by atoms with Crippen LogP contribution in [-0.2, 0) is 0 Å². The minimum absolute atomic E-state index is 0.326. The van der Waals surface area contributed by atoms with Gasteiger partial charge in [0.2, 0.25) is 0 Å². The van der Waals surface area contributed by atoms with Crippen molar-refractivity contribution in [2.45, 2.75) is 5.92 Å². The number of hydrogen-bond donors (Lipinski definition) is 1. The summed E-state index contributed by atoms with van der Waals surface area (Å²) in [5.41, 5.74) is 2.42. The lowest BCUT2D eigenvalue weighted by Crippen LogP contribution is -2.19. The van der Waals surface area contributed by atoms with Gasteiger partial charge in [-0.1, -0.05) is 36.4 Å². The summed E-state index contributed by atoms with van der Waals surface area (Å²) in [6.07, 6.45) is 1.85. The summed E-state index contributed by atoms with van der Waals surface area (Å²) in [7, 11) is 1.97. The zero-order chi connectivity index (χ0) is 11.2. The third-order valence-corrected chi connectivity index (χ3v) is 2.65. The second kappa shape index (κ2) is 5.42. The van der Waals surface area contributed by atoms with Gasteiger partial charge in [0.25, 0.3) is 0 Å². The van der Waals surface area contributed by atoms with Crippen LogP contribution >= 0.6 is 0 Å². The van der Waals surface area contributed by atoms with Crippen molar-refractivity contribution in [2.24, 2.45) is 0 Å². The van der Waals surface area contributed by atoms with Gasteiger partial charge in [-0.25, -0.2) is 0 Å². The molecule has 0 aliphatic carbocycles. The van der Waals surface area contributed by atoms with Gasteiger partial charge < -0.3 is 5.32 Å². The molecule has 0 saturated heterocycles. The fraction of sp³-hybridized carbons (Fsp3) is 0.214. The largest absolute Gasteiger partial charge is 0.319 e. The van der Waals surface area contributed by atoms with E-state index >= 15 is 0 Å². The Bertz CT molecular complexity index is 372. The fourth-order valence-electron chi connectivity index (χ4n) is 1.86. The molecule has 1 unspecified atom stereocenters. The Hall–Kier alpha value is -1.67. The van der Waals surface area contributed by atoms with E-state index < -0.39 is 0 Å². The number of nitrogens with zero attached hydrogens (tertiary/aromatic N) is 1. The first-order chi connectivity index (χ1) is 7.92. The highest BCUT2D eigenvalue weighted by molar-refractivity contribution is 5.28. The van der Waals surface area contributed by atoms with Gasteiger partial charge in [-0.05, 0) is 24.7 Å². The monoisotopic (exact) mass is 212 g/mol. The Morgan fingerprint density at radius 2 is 1.81 bits per heavy atom. The first-order valence-electron chi connectivity index (χ1n) is 5.52. The van der Waals surface area contributed by atoms with E-state index in [1.807, 2.05) is 31.4 Å². The van der Waals surface area contributed by atoms with Gasteiger partial charge >= 0.3 is 0 Å². The van der Waals surface area contributed by atoms with E-state index in [-0.39, 0.29) is 0 Å². The number of pyridine rings is 1. The summed E-state index contributed by atoms with van der Waals surface area (Å²) in [6.45, 7) is 0.904. The molecular formula is C14H16N2. The molecule has 2 nitrogen and oxygen atoms in total. The van der Waals surface area contributed by atoms with Gasteiger partial charge in [0.05, 0.1) is 0 Å². The average molecular weight is 212 g/mol. The SMILES string of the molecule is CNCC(c1ccccc1)c1ccccn1. The lowest BCUT2D eigenvalue weighted by Gasteiger charge is -2.16. The first kappa shape index (κ1) is 10.8. The van der Waals surface area contributed by atoms with Crippen LogP contribution in [0.25, 0.3) is 0 Å². The Morgan fingerprint density at radius 3 is 2.44 bits per heavy atom. The Morgan fingerprint density at radius 1 is 1.06 bits per heavy atom. The van der Waals surface area contributed by atoms with Crippen LogP contribution in [0.3, 0.4) is 0 Å². The minimum atomic E-state index is 0.326. The highest BCUT2D eigenvalue weighted by atomic mass is 14.8. The zero-order valence-corrected chi connectivity index (χ0v) is 9.43. The van der Waals surface area contributed by atoms with Crippen molar-refractivity contribution in [3.05, 3.63) is 66.0 Å². The van der Waals surface area contributed by atoms with Crippen LogP contribution in [-0.4, -0.2) is 18.6 Å². The molecular weight excluding hydrogens is 196 g/mol. The van der Waals surface area contributed by atoms with Crippen molar-refractivity contribution >= 4 is 0 Å². The topological polar surface area (TPSA) is 24.9 Å². The Balaban J connectivity index is 2.31. The third-order valence-electron chi connectivity index (χ3n) is 2.65. The molecule has 1 aromatic heterocycles. The van der Waals surface area contributed by atoms with E-state index in [1.165, 1.54) is 5.56 Å². The smallest absolute Gasteiger partial charge is 0.0491 e.